The zero-order chi connectivity index (χ0) is 31.3. The number of thiophene rings is 2. The first kappa shape index (κ1) is 26.8. The van der Waals surface area contributed by atoms with Gasteiger partial charge < -0.3 is 0 Å². The molecule has 2 aromatic heterocycles. The lowest BCUT2D eigenvalue weighted by atomic mass is 9.79. The summed E-state index contributed by atoms with van der Waals surface area (Å²) in [6, 6.07) is 43.6. The maximum Gasteiger partial charge on any atom is 0.0434 e. The highest BCUT2D eigenvalue weighted by Gasteiger charge is 2.23. The van der Waals surface area contributed by atoms with E-state index in [2.05, 4.69) is 152 Å². The van der Waals surface area contributed by atoms with Gasteiger partial charge in [0.25, 0.3) is 0 Å². The van der Waals surface area contributed by atoms with Crippen LogP contribution < -0.4 is 0 Å². The fourth-order valence-corrected chi connectivity index (χ4v) is 10.7. The number of benzene rings is 7. The number of hydrogen-bond donors (Lipinski definition) is 0. The molecule has 0 saturated heterocycles. The van der Waals surface area contributed by atoms with Crippen molar-refractivity contribution in [3.63, 3.8) is 0 Å². The molecule has 224 valence electrons. The standard InChI is InChI=1S/C46H28S2/c1-2-10-28-23-30(18-17-27(28)9-1)44-33-12-3-5-14-35(33)45(36-15-6-4-13-34(36)44)31-20-22-42-40(25-31)37-21-19-29-24-39-32-11-7-8-16-41(32)47-43(39)26-38(29)46(37)48-42/h1-22,24-26,28H,23H2. The Morgan fingerprint density at radius 3 is 2.00 bits per heavy atom. The van der Waals surface area contributed by atoms with E-state index in [1.54, 1.807) is 0 Å². The molecule has 0 amide bonds. The summed E-state index contributed by atoms with van der Waals surface area (Å²) >= 11 is 3.83. The average molecular weight is 645 g/mol. The third kappa shape index (κ3) is 3.82. The van der Waals surface area contributed by atoms with Crippen LogP contribution in [0.15, 0.2) is 157 Å². The van der Waals surface area contributed by atoms with Crippen LogP contribution in [-0.4, -0.2) is 0 Å². The van der Waals surface area contributed by atoms with Gasteiger partial charge in [0.05, 0.1) is 0 Å². The Morgan fingerprint density at radius 2 is 1.19 bits per heavy atom. The summed E-state index contributed by atoms with van der Waals surface area (Å²) in [6.07, 6.45) is 14.7. The van der Waals surface area contributed by atoms with Crippen LogP contribution in [0.4, 0.5) is 0 Å². The van der Waals surface area contributed by atoms with Crippen molar-refractivity contribution in [1.82, 2.24) is 0 Å². The second kappa shape index (κ2) is 10.1. The van der Waals surface area contributed by atoms with Crippen molar-refractivity contribution in [3.05, 3.63) is 163 Å². The third-order valence-electron chi connectivity index (χ3n) is 10.6. The van der Waals surface area contributed by atoms with Gasteiger partial charge in [0.15, 0.2) is 0 Å². The average Bonchev–Trinajstić information content (AvgIpc) is 3.70. The van der Waals surface area contributed by atoms with Gasteiger partial charge in [-0.1, -0.05) is 121 Å². The summed E-state index contributed by atoms with van der Waals surface area (Å²) in [5.41, 5.74) is 6.81. The van der Waals surface area contributed by atoms with E-state index in [0.717, 1.165) is 6.42 Å². The van der Waals surface area contributed by atoms with Gasteiger partial charge in [0.2, 0.25) is 0 Å². The van der Waals surface area contributed by atoms with Crippen LogP contribution in [0.1, 0.15) is 12.0 Å². The van der Waals surface area contributed by atoms with E-state index >= 15 is 0 Å². The monoisotopic (exact) mass is 644 g/mol. The Hall–Kier alpha value is -5.28. The molecule has 2 aliphatic carbocycles. The summed E-state index contributed by atoms with van der Waals surface area (Å²) in [4.78, 5) is 0. The molecule has 9 aromatic rings. The van der Waals surface area contributed by atoms with Crippen LogP contribution in [0, 0.1) is 5.92 Å². The van der Waals surface area contributed by atoms with Crippen LogP contribution in [0.2, 0.25) is 0 Å². The smallest absolute Gasteiger partial charge is 0.0434 e. The van der Waals surface area contributed by atoms with Crippen LogP contribution in [0.3, 0.4) is 0 Å². The molecule has 11 rings (SSSR count). The Balaban J connectivity index is 1.15. The van der Waals surface area contributed by atoms with Gasteiger partial charge in [-0.05, 0) is 91.5 Å². The van der Waals surface area contributed by atoms with Crippen molar-refractivity contribution < 1.29 is 0 Å². The number of hydrogen-bond acceptors (Lipinski definition) is 2. The van der Waals surface area contributed by atoms with Gasteiger partial charge >= 0.3 is 0 Å². The summed E-state index contributed by atoms with van der Waals surface area (Å²) < 4.78 is 5.44. The molecular formula is C46H28S2. The molecule has 48 heavy (non-hydrogen) atoms. The molecule has 0 bridgehead atoms. The maximum atomic E-state index is 2.46. The van der Waals surface area contributed by atoms with Gasteiger partial charge in [-0.3, -0.25) is 0 Å². The topological polar surface area (TPSA) is 0 Å². The highest BCUT2D eigenvalue weighted by Crippen LogP contribution is 2.47. The highest BCUT2D eigenvalue weighted by molar-refractivity contribution is 7.27. The maximum absolute atomic E-state index is 2.46. The van der Waals surface area contributed by atoms with Crippen molar-refractivity contribution in [2.24, 2.45) is 5.92 Å². The SMILES string of the molecule is C1=CC2=CC=C(c3c4ccccc4c(-c4ccc5sc6c7cc8sc9ccccc9c8cc7ccc6c5c4)c4ccccc34)CC2C=C1. The lowest BCUT2D eigenvalue weighted by Crippen LogP contribution is -2.07. The Bertz CT molecular complexity index is 2920. The fourth-order valence-electron chi connectivity index (χ4n) is 8.37. The van der Waals surface area contributed by atoms with Crippen LogP contribution in [0.5, 0.6) is 0 Å². The van der Waals surface area contributed by atoms with E-state index in [0.29, 0.717) is 5.92 Å². The second-order valence-electron chi connectivity index (χ2n) is 13.2. The first-order valence-corrected chi connectivity index (χ1v) is 18.3. The van der Waals surface area contributed by atoms with E-state index in [1.807, 2.05) is 22.7 Å². The van der Waals surface area contributed by atoms with Crippen LogP contribution in [-0.2, 0) is 0 Å². The summed E-state index contributed by atoms with van der Waals surface area (Å²) in [6.45, 7) is 0. The molecule has 0 fully saturated rings. The van der Waals surface area contributed by atoms with E-state index < -0.39 is 0 Å². The number of allylic oxidation sites excluding steroid dienone is 8. The molecule has 0 N–H and O–H groups in total. The second-order valence-corrected chi connectivity index (χ2v) is 15.3. The quantitative estimate of drug-likeness (QED) is 0.164. The lowest BCUT2D eigenvalue weighted by molar-refractivity contribution is 0.794. The predicted octanol–water partition coefficient (Wildman–Crippen LogP) is 14.0. The summed E-state index contributed by atoms with van der Waals surface area (Å²) in [5.74, 6) is 0.438. The third-order valence-corrected chi connectivity index (χ3v) is 12.9. The zero-order valence-corrected chi connectivity index (χ0v) is 27.7. The van der Waals surface area contributed by atoms with Crippen molar-refractivity contribution in [2.75, 3.05) is 0 Å². The molecule has 1 atom stereocenters. The molecule has 0 aliphatic heterocycles. The van der Waals surface area contributed by atoms with E-state index in [4.69, 9.17) is 0 Å². The normalized spacial score (nSPS) is 16.1. The molecule has 7 aromatic carbocycles. The number of fused-ring (bicyclic) bond motifs is 11. The van der Waals surface area contributed by atoms with Crippen molar-refractivity contribution in [1.29, 1.82) is 0 Å². The zero-order valence-electron chi connectivity index (χ0n) is 26.0. The Labute approximate surface area is 285 Å². The van der Waals surface area contributed by atoms with Gasteiger partial charge in [0.1, 0.15) is 0 Å². The molecule has 0 radical (unpaired) electrons. The minimum absolute atomic E-state index is 0.438. The van der Waals surface area contributed by atoms with Crippen molar-refractivity contribution >= 4 is 101 Å². The lowest BCUT2D eigenvalue weighted by Gasteiger charge is -2.25. The van der Waals surface area contributed by atoms with E-state index in [9.17, 15) is 0 Å². The Kier molecular flexibility index (Phi) is 5.63. The first-order chi connectivity index (χ1) is 23.8. The summed E-state index contributed by atoms with van der Waals surface area (Å²) in [5, 5.41) is 13.4. The molecule has 0 nitrogen and oxygen atoms in total. The molecule has 2 heteroatoms. The van der Waals surface area contributed by atoms with Crippen molar-refractivity contribution in [2.45, 2.75) is 6.42 Å². The fraction of sp³-hybridized carbons (Fsp3) is 0.0435. The van der Waals surface area contributed by atoms with Crippen LogP contribution >= 0.6 is 22.7 Å². The largest absolute Gasteiger partial charge is 0.135 e. The van der Waals surface area contributed by atoms with Crippen LogP contribution in [0.25, 0.3) is 89.4 Å². The van der Waals surface area contributed by atoms with Gasteiger partial charge in [-0.25, -0.2) is 0 Å². The van der Waals surface area contributed by atoms with Gasteiger partial charge in [-0.2, -0.15) is 0 Å². The first-order valence-electron chi connectivity index (χ1n) is 16.7. The number of rotatable bonds is 2. The molecule has 0 saturated carbocycles. The summed E-state index contributed by atoms with van der Waals surface area (Å²) in [7, 11) is 0. The minimum atomic E-state index is 0.438. The molecule has 0 spiro atoms. The predicted molar refractivity (Wildman–Crippen MR) is 213 cm³/mol. The molecule has 1 unspecified atom stereocenters. The van der Waals surface area contributed by atoms with Crippen molar-refractivity contribution in [3.8, 4) is 11.1 Å². The molecule has 2 aliphatic rings. The Morgan fingerprint density at radius 1 is 0.479 bits per heavy atom. The van der Waals surface area contributed by atoms with E-state index in [1.165, 1.54) is 100 Å². The van der Waals surface area contributed by atoms with Gasteiger partial charge in [-0.15, -0.1) is 22.7 Å². The highest BCUT2D eigenvalue weighted by atomic mass is 32.1. The molecule has 2 heterocycles. The molecular weight excluding hydrogens is 617 g/mol. The minimum Gasteiger partial charge on any atom is -0.135 e. The van der Waals surface area contributed by atoms with E-state index in [-0.39, 0.29) is 0 Å². The van der Waals surface area contributed by atoms with Gasteiger partial charge in [0, 0.05) is 51.6 Å².